The van der Waals surface area contributed by atoms with Gasteiger partial charge in [0.25, 0.3) is 0 Å². The first-order valence-corrected chi connectivity index (χ1v) is 18.7. The lowest BCUT2D eigenvalue weighted by Crippen LogP contribution is -2.11. The van der Waals surface area contributed by atoms with Crippen molar-refractivity contribution < 1.29 is 9.84 Å². The molecule has 1 aliphatic heterocycles. The highest BCUT2D eigenvalue weighted by molar-refractivity contribution is 7.98. The van der Waals surface area contributed by atoms with E-state index in [1.165, 1.54) is 45.7 Å². The summed E-state index contributed by atoms with van der Waals surface area (Å²) < 4.78 is 10.4. The van der Waals surface area contributed by atoms with Gasteiger partial charge in [0.1, 0.15) is 0 Å². The number of unbranched alkanes of at least 4 members (excludes halogenated alkanes) is 1. The number of hydrogen-bond acceptors (Lipinski definition) is 7. The third-order valence-electron chi connectivity index (χ3n) is 6.97. The van der Waals surface area contributed by atoms with Crippen LogP contribution in [0.15, 0.2) is 69.5 Å². The van der Waals surface area contributed by atoms with E-state index in [9.17, 15) is 0 Å². The van der Waals surface area contributed by atoms with Crippen LogP contribution >= 0.6 is 23.3 Å². The quantitative estimate of drug-likeness (QED) is 0.185. The Morgan fingerprint density at radius 2 is 1.71 bits per heavy atom. The van der Waals surface area contributed by atoms with Crippen molar-refractivity contribution in [3.63, 3.8) is 0 Å². The molecule has 0 saturated carbocycles. The molecule has 0 bridgehead atoms. The molecule has 256 valence electrons. The Morgan fingerprint density at radius 3 is 2.22 bits per heavy atom. The first-order valence-electron chi connectivity index (χ1n) is 16.7. The van der Waals surface area contributed by atoms with Gasteiger partial charge in [-0.2, -0.15) is 16.1 Å². The lowest BCUT2D eigenvalue weighted by molar-refractivity contribution is 0.0700. The van der Waals surface area contributed by atoms with Crippen LogP contribution < -0.4 is 5.73 Å². The molecule has 1 fully saturated rings. The summed E-state index contributed by atoms with van der Waals surface area (Å²) in [5, 5.41) is 7.00. The van der Waals surface area contributed by atoms with Gasteiger partial charge in [0.05, 0.1) is 22.8 Å². The van der Waals surface area contributed by atoms with E-state index in [-0.39, 0.29) is 0 Å². The van der Waals surface area contributed by atoms with Gasteiger partial charge in [0, 0.05) is 47.4 Å². The Bertz CT molecular complexity index is 1150. The Labute approximate surface area is 285 Å². The summed E-state index contributed by atoms with van der Waals surface area (Å²) in [6.45, 7) is 24.8. The van der Waals surface area contributed by atoms with Crippen molar-refractivity contribution in [2.45, 2.75) is 133 Å². The van der Waals surface area contributed by atoms with Gasteiger partial charge in [0.2, 0.25) is 0 Å². The molecule has 5 nitrogen and oxygen atoms in total. The van der Waals surface area contributed by atoms with Crippen molar-refractivity contribution in [3.8, 4) is 10.4 Å². The lowest BCUT2D eigenvalue weighted by atomic mass is 9.97. The Kier molecular flexibility index (Phi) is 28.0. The van der Waals surface area contributed by atoms with E-state index >= 15 is 0 Å². The maximum absolute atomic E-state index is 7.00. The number of aromatic nitrogens is 1. The fourth-order valence-corrected chi connectivity index (χ4v) is 6.68. The second-order valence-corrected chi connectivity index (χ2v) is 12.0. The van der Waals surface area contributed by atoms with Crippen molar-refractivity contribution in [2.24, 2.45) is 10.7 Å². The largest absolute Gasteiger partial charge is 0.400 e. The summed E-state index contributed by atoms with van der Waals surface area (Å²) in [7, 11) is 1.00. The highest BCUT2D eigenvalue weighted by atomic mass is 32.2. The van der Waals surface area contributed by atoms with Crippen LogP contribution in [-0.4, -0.2) is 40.8 Å². The summed E-state index contributed by atoms with van der Waals surface area (Å²) in [5.74, 6) is 2.12. The van der Waals surface area contributed by atoms with Crippen LogP contribution in [-0.2, 0) is 10.5 Å². The molecule has 2 aromatic rings. The summed E-state index contributed by atoms with van der Waals surface area (Å²) in [6.07, 6.45) is 10.6. The number of allylic oxidation sites excluding steroid dienone is 4. The van der Waals surface area contributed by atoms with Crippen molar-refractivity contribution in [1.82, 2.24) is 4.37 Å². The number of aliphatic imine (C=N–C) groups is 1. The van der Waals surface area contributed by atoms with Crippen LogP contribution in [0.5, 0.6) is 0 Å². The molecular weight excluding hydrogens is 595 g/mol. The molecule has 2 atom stereocenters. The fourth-order valence-electron chi connectivity index (χ4n) is 4.49. The summed E-state index contributed by atoms with van der Waals surface area (Å²) in [4.78, 5) is 5.71. The second kappa shape index (κ2) is 28.1. The van der Waals surface area contributed by atoms with Gasteiger partial charge in [-0.25, -0.2) is 0 Å². The number of benzene rings is 1. The van der Waals surface area contributed by atoms with E-state index in [2.05, 4.69) is 87.3 Å². The van der Waals surface area contributed by atoms with Gasteiger partial charge >= 0.3 is 0 Å². The number of ether oxygens (including phenoxy) is 1. The van der Waals surface area contributed by atoms with Gasteiger partial charge in [-0.05, 0) is 95.5 Å². The fraction of sp³-hybridized carbons (Fsp3) is 0.579. The molecule has 1 aromatic heterocycles. The Morgan fingerprint density at radius 1 is 1.09 bits per heavy atom. The van der Waals surface area contributed by atoms with Crippen LogP contribution in [0.25, 0.3) is 10.4 Å². The molecule has 3 N–H and O–H groups in total. The minimum Gasteiger partial charge on any atom is -0.400 e. The zero-order valence-electron chi connectivity index (χ0n) is 30.8. The molecule has 2 unspecified atom stereocenters. The van der Waals surface area contributed by atoms with E-state index in [0.717, 1.165) is 54.8 Å². The van der Waals surface area contributed by atoms with Crippen molar-refractivity contribution in [1.29, 1.82) is 0 Å². The molecule has 0 radical (unpaired) electrons. The molecule has 1 saturated heterocycles. The first-order chi connectivity index (χ1) is 21.7. The van der Waals surface area contributed by atoms with E-state index in [1.54, 1.807) is 11.5 Å². The SMILES string of the molecule is CC.CC.CC=N/C(C)=C(C(/C)=C\CCC)\C(N)=C(/C)CC.CO.Cc1nsc(-c2ccccc2)c1CSCC1CCC(C)O1. The molecule has 0 aliphatic carbocycles. The number of aliphatic hydroxyl groups is 1. The van der Waals surface area contributed by atoms with Gasteiger partial charge in [0.15, 0.2) is 0 Å². The minimum atomic E-state index is 0.442. The van der Waals surface area contributed by atoms with Crippen LogP contribution in [0.2, 0.25) is 0 Å². The lowest BCUT2D eigenvalue weighted by Gasteiger charge is -2.14. The molecule has 0 amide bonds. The molecule has 1 aromatic carbocycles. The molecule has 2 heterocycles. The molecule has 0 spiro atoms. The third kappa shape index (κ3) is 16.8. The smallest absolute Gasteiger partial charge is 0.0670 e. The Balaban J connectivity index is 0. The standard InChI is InChI=1S/C17H21NOS2.C16H28N2.2C2H6.CH4O/c1-12-8-9-15(19-12)10-20-11-16-13(2)18-21-17(16)14-6-4-3-5-7-14;1-7-10-11-13(5)15(14(6)18-9-3)16(17)12(4)8-2;3*1-2/h3-7,12,15H,8-11H2,1-2H3;9,11H,7-8,10,17H2,1-6H3;2*1-2H3;2H,1H3/b;13-11-,15-14-,16-12-,18-9?;;;. The predicted octanol–water partition coefficient (Wildman–Crippen LogP) is 11.3. The number of aryl methyl sites for hydroxylation is 1. The van der Waals surface area contributed by atoms with E-state index in [1.807, 2.05) is 59.5 Å². The molecule has 7 heteroatoms. The van der Waals surface area contributed by atoms with E-state index in [4.69, 9.17) is 15.6 Å². The van der Waals surface area contributed by atoms with Crippen molar-refractivity contribution >= 4 is 29.5 Å². The Hall–Kier alpha value is -2.19. The van der Waals surface area contributed by atoms with Crippen LogP contribution in [0.4, 0.5) is 0 Å². The summed E-state index contributed by atoms with van der Waals surface area (Å²) in [5.41, 5.74) is 15.5. The van der Waals surface area contributed by atoms with Crippen LogP contribution in [0.3, 0.4) is 0 Å². The number of aliphatic hydroxyl groups excluding tert-OH is 1. The van der Waals surface area contributed by atoms with Gasteiger partial charge in [-0.3, -0.25) is 4.99 Å². The zero-order chi connectivity index (χ0) is 34.8. The van der Waals surface area contributed by atoms with E-state index in [0.29, 0.717) is 12.2 Å². The number of hydrogen-bond donors (Lipinski definition) is 2. The average molecular weight is 660 g/mol. The zero-order valence-corrected chi connectivity index (χ0v) is 32.4. The topological polar surface area (TPSA) is 80.7 Å². The van der Waals surface area contributed by atoms with Crippen LogP contribution in [0, 0.1) is 6.92 Å². The monoisotopic (exact) mass is 659 g/mol. The number of thioether (sulfide) groups is 1. The maximum Gasteiger partial charge on any atom is 0.0670 e. The number of nitrogens with two attached hydrogens (primary N) is 1. The maximum atomic E-state index is 7.00. The van der Waals surface area contributed by atoms with Gasteiger partial charge < -0.3 is 15.6 Å². The summed E-state index contributed by atoms with van der Waals surface area (Å²) in [6, 6.07) is 10.6. The van der Waals surface area contributed by atoms with E-state index < -0.39 is 0 Å². The molecular formula is C38H65N3O2S2. The molecule has 45 heavy (non-hydrogen) atoms. The molecule has 3 rings (SSSR count). The number of nitrogens with zero attached hydrogens (tertiary/aromatic N) is 2. The van der Waals surface area contributed by atoms with Crippen molar-refractivity contribution in [3.05, 3.63) is 75.8 Å². The highest BCUT2D eigenvalue weighted by Gasteiger charge is 2.22. The molecule has 1 aliphatic rings. The third-order valence-corrected chi connectivity index (χ3v) is 9.10. The van der Waals surface area contributed by atoms with Gasteiger partial charge in [-0.1, -0.05) is 84.4 Å². The highest BCUT2D eigenvalue weighted by Crippen LogP contribution is 2.34. The van der Waals surface area contributed by atoms with Gasteiger partial charge in [-0.15, -0.1) is 0 Å². The second-order valence-electron chi connectivity index (χ2n) is 10.2. The average Bonchev–Trinajstić information content (AvgIpc) is 3.67. The van der Waals surface area contributed by atoms with Crippen LogP contribution in [0.1, 0.15) is 120 Å². The first kappa shape index (κ1) is 44.9. The van der Waals surface area contributed by atoms with Crippen molar-refractivity contribution in [2.75, 3.05) is 12.9 Å². The predicted molar refractivity (Wildman–Crippen MR) is 206 cm³/mol. The number of rotatable bonds is 11. The normalized spacial score (nSPS) is 16.9. The summed E-state index contributed by atoms with van der Waals surface area (Å²) >= 11 is 3.59. The minimum absolute atomic E-state index is 0.442.